The lowest BCUT2D eigenvalue weighted by atomic mass is 9.89. The summed E-state index contributed by atoms with van der Waals surface area (Å²) in [5, 5.41) is 3.25. The third-order valence-corrected chi connectivity index (χ3v) is 6.06. The molecule has 1 atom stereocenters. The van der Waals surface area contributed by atoms with Crippen LogP contribution in [-0.2, 0) is 11.2 Å². The zero-order valence-corrected chi connectivity index (χ0v) is 15.5. The normalized spacial score (nSPS) is 27.0. The van der Waals surface area contributed by atoms with Crippen LogP contribution >= 0.6 is 0 Å². The van der Waals surface area contributed by atoms with E-state index in [1.165, 1.54) is 18.4 Å². The summed E-state index contributed by atoms with van der Waals surface area (Å²) < 4.78 is 0. The maximum Gasteiger partial charge on any atom is 0.237 e. The van der Waals surface area contributed by atoms with Gasteiger partial charge in [0.05, 0.1) is 6.04 Å². The Morgan fingerprint density at radius 2 is 1.76 bits per heavy atom. The van der Waals surface area contributed by atoms with Crippen molar-refractivity contribution in [1.29, 1.82) is 0 Å². The molecule has 4 heteroatoms. The van der Waals surface area contributed by atoms with E-state index >= 15 is 0 Å². The van der Waals surface area contributed by atoms with Crippen LogP contribution in [0.2, 0.25) is 0 Å². The number of carbonyl (C=O) groups is 1. The molecule has 1 amide bonds. The molecule has 1 heterocycles. The van der Waals surface area contributed by atoms with Gasteiger partial charge in [-0.05, 0) is 76.4 Å². The van der Waals surface area contributed by atoms with Crippen LogP contribution in [0.3, 0.4) is 0 Å². The van der Waals surface area contributed by atoms with E-state index < -0.39 is 0 Å². The van der Waals surface area contributed by atoms with Gasteiger partial charge in [0, 0.05) is 12.1 Å². The van der Waals surface area contributed by atoms with Crippen molar-refractivity contribution in [2.45, 2.75) is 70.0 Å². The molecule has 0 radical (unpaired) electrons. The van der Waals surface area contributed by atoms with Gasteiger partial charge >= 0.3 is 0 Å². The van der Waals surface area contributed by atoms with Gasteiger partial charge in [-0.3, -0.25) is 9.69 Å². The zero-order valence-electron chi connectivity index (χ0n) is 15.5. The molecule has 138 valence electrons. The van der Waals surface area contributed by atoms with Gasteiger partial charge in [-0.15, -0.1) is 0 Å². The summed E-state index contributed by atoms with van der Waals surface area (Å²) in [4.78, 5) is 14.9. The molecule has 25 heavy (non-hydrogen) atoms. The molecule has 3 N–H and O–H groups in total. The fourth-order valence-corrected chi connectivity index (χ4v) is 4.24. The van der Waals surface area contributed by atoms with Gasteiger partial charge in [0.1, 0.15) is 0 Å². The van der Waals surface area contributed by atoms with Gasteiger partial charge in [-0.25, -0.2) is 0 Å². The molecule has 0 bridgehead atoms. The van der Waals surface area contributed by atoms with Gasteiger partial charge in [-0.2, -0.15) is 0 Å². The number of piperidine rings is 1. The summed E-state index contributed by atoms with van der Waals surface area (Å²) in [6.45, 7) is 4.12. The van der Waals surface area contributed by atoms with Crippen LogP contribution in [0.15, 0.2) is 30.3 Å². The van der Waals surface area contributed by atoms with E-state index in [1.54, 1.807) is 0 Å². The van der Waals surface area contributed by atoms with Crippen molar-refractivity contribution in [3.05, 3.63) is 35.9 Å². The van der Waals surface area contributed by atoms with E-state index in [-0.39, 0.29) is 11.9 Å². The average molecular weight is 344 g/mol. The Morgan fingerprint density at radius 3 is 2.40 bits per heavy atom. The summed E-state index contributed by atoms with van der Waals surface area (Å²) in [5.41, 5.74) is 7.38. The maximum absolute atomic E-state index is 12.6. The van der Waals surface area contributed by atoms with Gasteiger partial charge in [0.2, 0.25) is 5.91 Å². The molecule has 1 saturated heterocycles. The summed E-state index contributed by atoms with van der Waals surface area (Å²) >= 11 is 0. The Balaban J connectivity index is 1.41. The maximum atomic E-state index is 12.6. The third-order valence-electron chi connectivity index (χ3n) is 6.06. The molecule has 2 fully saturated rings. The molecular formula is C21H33N3O. The average Bonchev–Trinajstić information content (AvgIpc) is 2.64. The molecule has 3 rings (SSSR count). The Hall–Kier alpha value is -1.39. The van der Waals surface area contributed by atoms with Crippen molar-refractivity contribution in [3.63, 3.8) is 0 Å². The standard InChI is InChI=1S/C21H33N3O/c1-16(21(25)23-20-9-7-19(22)8-10-20)24-13-11-18(12-14-24)15-17-5-3-2-4-6-17/h2-6,16,18-20H,7-15,22H2,1H3,(H,23,25). The van der Waals surface area contributed by atoms with Crippen molar-refractivity contribution >= 4 is 5.91 Å². The van der Waals surface area contributed by atoms with Crippen LogP contribution in [0.25, 0.3) is 0 Å². The number of nitrogens with one attached hydrogen (secondary N) is 1. The minimum absolute atomic E-state index is 0.0201. The number of carbonyl (C=O) groups excluding carboxylic acids is 1. The Bertz CT molecular complexity index is 531. The molecule has 1 saturated carbocycles. The second-order valence-corrected chi connectivity index (χ2v) is 7.97. The first-order chi connectivity index (χ1) is 12.1. The second kappa shape index (κ2) is 8.81. The van der Waals surface area contributed by atoms with Crippen LogP contribution in [0.4, 0.5) is 0 Å². The Morgan fingerprint density at radius 1 is 1.12 bits per heavy atom. The molecule has 2 aliphatic rings. The van der Waals surface area contributed by atoms with Crippen LogP contribution < -0.4 is 11.1 Å². The number of hydrogen-bond acceptors (Lipinski definition) is 3. The highest BCUT2D eigenvalue weighted by Gasteiger charge is 2.28. The van der Waals surface area contributed by atoms with E-state index in [0.29, 0.717) is 12.1 Å². The van der Waals surface area contributed by atoms with Crippen molar-refractivity contribution in [3.8, 4) is 0 Å². The molecule has 1 aromatic rings. The topological polar surface area (TPSA) is 58.4 Å². The summed E-state index contributed by atoms with van der Waals surface area (Å²) in [6, 6.07) is 11.4. The molecule has 1 aromatic carbocycles. The lowest BCUT2D eigenvalue weighted by Crippen LogP contribution is -2.51. The highest BCUT2D eigenvalue weighted by atomic mass is 16.2. The first-order valence-electron chi connectivity index (χ1n) is 9.95. The van der Waals surface area contributed by atoms with E-state index in [0.717, 1.165) is 51.1 Å². The molecular weight excluding hydrogens is 310 g/mol. The first-order valence-corrected chi connectivity index (χ1v) is 9.95. The lowest BCUT2D eigenvalue weighted by molar-refractivity contribution is -0.127. The monoisotopic (exact) mass is 343 g/mol. The van der Waals surface area contributed by atoms with Crippen LogP contribution in [-0.4, -0.2) is 42.0 Å². The lowest BCUT2D eigenvalue weighted by Gasteiger charge is -2.36. The molecule has 0 spiro atoms. The number of amides is 1. The number of likely N-dealkylation sites (tertiary alicyclic amines) is 1. The quantitative estimate of drug-likeness (QED) is 0.864. The van der Waals surface area contributed by atoms with E-state index in [4.69, 9.17) is 5.73 Å². The summed E-state index contributed by atoms with van der Waals surface area (Å²) in [6.07, 6.45) is 7.65. The zero-order chi connectivity index (χ0) is 17.6. The smallest absolute Gasteiger partial charge is 0.237 e. The fourth-order valence-electron chi connectivity index (χ4n) is 4.24. The Labute approximate surface area is 152 Å². The van der Waals surface area contributed by atoms with Gasteiger partial charge in [0.25, 0.3) is 0 Å². The van der Waals surface area contributed by atoms with Crippen molar-refractivity contribution < 1.29 is 4.79 Å². The van der Waals surface area contributed by atoms with Crippen molar-refractivity contribution in [1.82, 2.24) is 10.2 Å². The van der Waals surface area contributed by atoms with E-state index in [1.807, 2.05) is 0 Å². The number of nitrogens with two attached hydrogens (primary N) is 1. The molecule has 4 nitrogen and oxygen atoms in total. The molecule has 0 aromatic heterocycles. The predicted molar refractivity (Wildman–Crippen MR) is 102 cm³/mol. The second-order valence-electron chi connectivity index (χ2n) is 7.97. The van der Waals surface area contributed by atoms with Gasteiger partial charge in [-0.1, -0.05) is 30.3 Å². The van der Waals surface area contributed by atoms with Crippen LogP contribution in [0.5, 0.6) is 0 Å². The summed E-state index contributed by atoms with van der Waals surface area (Å²) in [5.74, 6) is 0.940. The van der Waals surface area contributed by atoms with E-state index in [2.05, 4.69) is 47.5 Å². The van der Waals surface area contributed by atoms with Crippen molar-refractivity contribution in [2.75, 3.05) is 13.1 Å². The molecule has 1 unspecified atom stereocenters. The number of hydrogen-bond donors (Lipinski definition) is 2. The highest BCUT2D eigenvalue weighted by Crippen LogP contribution is 2.23. The molecule has 1 aliphatic heterocycles. The summed E-state index contributed by atoms with van der Waals surface area (Å²) in [7, 11) is 0. The minimum atomic E-state index is -0.0201. The number of rotatable bonds is 5. The number of benzene rings is 1. The largest absolute Gasteiger partial charge is 0.352 e. The van der Waals surface area contributed by atoms with Crippen LogP contribution in [0, 0.1) is 5.92 Å². The SMILES string of the molecule is CC(C(=O)NC1CCC(N)CC1)N1CCC(Cc2ccccc2)CC1. The third kappa shape index (κ3) is 5.29. The highest BCUT2D eigenvalue weighted by molar-refractivity contribution is 5.81. The predicted octanol–water partition coefficient (Wildman–Crippen LogP) is 2.72. The number of nitrogens with zero attached hydrogens (tertiary/aromatic N) is 1. The van der Waals surface area contributed by atoms with Gasteiger partial charge < -0.3 is 11.1 Å². The molecule has 1 aliphatic carbocycles. The van der Waals surface area contributed by atoms with Gasteiger partial charge in [0.15, 0.2) is 0 Å². The fraction of sp³-hybridized carbons (Fsp3) is 0.667. The minimum Gasteiger partial charge on any atom is -0.352 e. The first kappa shape index (κ1) is 18.4. The Kier molecular flexibility index (Phi) is 6.49. The van der Waals surface area contributed by atoms with E-state index in [9.17, 15) is 4.79 Å². The van der Waals surface area contributed by atoms with Crippen molar-refractivity contribution in [2.24, 2.45) is 11.7 Å². The van der Waals surface area contributed by atoms with Crippen LogP contribution in [0.1, 0.15) is 51.0 Å².